The van der Waals surface area contributed by atoms with Gasteiger partial charge >= 0.3 is 11.9 Å². The second-order valence-electron chi connectivity index (χ2n) is 12.1. The van der Waals surface area contributed by atoms with Crippen molar-refractivity contribution in [3.05, 3.63) is 83.9 Å². The summed E-state index contributed by atoms with van der Waals surface area (Å²) in [7, 11) is 0. The van der Waals surface area contributed by atoms with E-state index in [0.29, 0.717) is 5.56 Å². The fourth-order valence-electron chi connectivity index (χ4n) is 5.36. The van der Waals surface area contributed by atoms with Crippen molar-refractivity contribution < 1.29 is 23.8 Å². The maximum absolute atomic E-state index is 12.9. The van der Waals surface area contributed by atoms with Crippen LogP contribution in [0.15, 0.2) is 72.8 Å². The van der Waals surface area contributed by atoms with Crippen LogP contribution in [0.2, 0.25) is 0 Å². The Labute approximate surface area is 271 Å². The fraction of sp³-hybridized carbons (Fsp3) is 0.500. The summed E-state index contributed by atoms with van der Waals surface area (Å²) < 4.78 is 17.1. The average molecular weight is 615 g/mol. The fourth-order valence-corrected chi connectivity index (χ4v) is 5.36. The summed E-state index contributed by atoms with van der Waals surface area (Å²) in [6, 6.07) is 22.0. The van der Waals surface area contributed by atoms with Gasteiger partial charge in [0, 0.05) is 0 Å². The zero-order valence-corrected chi connectivity index (χ0v) is 27.9. The van der Waals surface area contributed by atoms with E-state index in [9.17, 15) is 9.59 Å². The van der Waals surface area contributed by atoms with Crippen molar-refractivity contribution >= 4 is 11.9 Å². The average Bonchev–Trinajstić information content (AvgIpc) is 3.06. The predicted molar refractivity (Wildman–Crippen MR) is 184 cm³/mol. The maximum Gasteiger partial charge on any atom is 0.343 e. The summed E-state index contributed by atoms with van der Waals surface area (Å²) in [6.45, 7) is 6.99. The highest BCUT2D eigenvalue weighted by atomic mass is 16.6. The predicted octanol–water partition coefficient (Wildman–Crippen LogP) is 11.4. The van der Waals surface area contributed by atoms with Gasteiger partial charge in [-0.2, -0.15) is 0 Å². The van der Waals surface area contributed by atoms with E-state index in [1.165, 1.54) is 70.6 Å². The molecule has 3 aromatic rings. The number of benzene rings is 3. The van der Waals surface area contributed by atoms with Crippen molar-refractivity contribution in [2.24, 2.45) is 0 Å². The molecule has 0 bridgehead atoms. The highest BCUT2D eigenvalue weighted by Gasteiger charge is 2.19. The lowest BCUT2D eigenvalue weighted by atomic mass is 10.0. The third kappa shape index (κ3) is 13.5. The third-order valence-electron chi connectivity index (χ3n) is 8.16. The molecule has 0 heterocycles. The lowest BCUT2D eigenvalue weighted by Gasteiger charge is -2.14. The van der Waals surface area contributed by atoms with E-state index in [2.05, 4.69) is 13.8 Å². The van der Waals surface area contributed by atoms with Gasteiger partial charge in [-0.1, -0.05) is 134 Å². The lowest BCUT2D eigenvalue weighted by Crippen LogP contribution is -2.17. The molecule has 0 saturated heterocycles. The molecule has 0 aliphatic rings. The van der Waals surface area contributed by atoms with Crippen LogP contribution in [0.3, 0.4) is 0 Å². The lowest BCUT2D eigenvalue weighted by molar-refractivity contribution is 0.0316. The molecule has 3 rings (SSSR count). The Morgan fingerprint density at radius 1 is 0.600 bits per heavy atom. The molecule has 45 heavy (non-hydrogen) atoms. The summed E-state index contributed by atoms with van der Waals surface area (Å²) in [5.41, 5.74) is 2.68. The van der Waals surface area contributed by atoms with Gasteiger partial charge in [-0.25, -0.2) is 9.59 Å². The Balaban J connectivity index is 1.39. The Kier molecular flexibility index (Phi) is 16.9. The highest BCUT2D eigenvalue weighted by Crippen LogP contribution is 2.25. The van der Waals surface area contributed by atoms with Gasteiger partial charge in [0.25, 0.3) is 0 Å². The minimum absolute atomic E-state index is 0.193. The van der Waals surface area contributed by atoms with Gasteiger partial charge in [0.2, 0.25) is 0 Å². The van der Waals surface area contributed by atoms with Gasteiger partial charge in [-0.15, -0.1) is 0 Å². The van der Waals surface area contributed by atoms with E-state index in [0.717, 1.165) is 49.2 Å². The van der Waals surface area contributed by atoms with Crippen LogP contribution in [0.1, 0.15) is 138 Å². The van der Waals surface area contributed by atoms with Crippen molar-refractivity contribution in [3.8, 4) is 22.6 Å². The first-order valence-corrected chi connectivity index (χ1v) is 17.4. The molecule has 0 N–H and O–H groups in total. The number of hydrogen-bond acceptors (Lipinski definition) is 5. The summed E-state index contributed by atoms with van der Waals surface area (Å²) in [5.74, 6) is 0.0542. The number of hydrogen-bond donors (Lipinski definition) is 0. The van der Waals surface area contributed by atoms with E-state index in [-0.39, 0.29) is 17.4 Å². The van der Waals surface area contributed by atoms with E-state index in [1.807, 2.05) is 43.3 Å². The summed E-state index contributed by atoms with van der Waals surface area (Å²) in [5, 5.41) is 0. The van der Waals surface area contributed by atoms with Crippen molar-refractivity contribution in [2.75, 3.05) is 6.61 Å². The quantitative estimate of drug-likeness (QED) is 0.0640. The molecule has 3 aromatic carbocycles. The smallest absolute Gasteiger partial charge is 0.343 e. The number of carbonyl (C=O) groups is 2. The highest BCUT2D eigenvalue weighted by molar-refractivity contribution is 5.96. The second kappa shape index (κ2) is 21.2. The molecule has 0 saturated carbocycles. The van der Waals surface area contributed by atoms with Gasteiger partial charge in [0.1, 0.15) is 17.1 Å². The minimum Gasteiger partial charge on any atom is -0.494 e. The van der Waals surface area contributed by atoms with Gasteiger partial charge in [0.15, 0.2) is 0 Å². The molecule has 5 heteroatoms. The Hall–Kier alpha value is -3.60. The van der Waals surface area contributed by atoms with Crippen LogP contribution >= 0.6 is 0 Å². The summed E-state index contributed by atoms with van der Waals surface area (Å²) in [6.07, 6.45) is 18.6. The van der Waals surface area contributed by atoms with Gasteiger partial charge in [-0.3, -0.25) is 0 Å². The van der Waals surface area contributed by atoms with E-state index in [1.54, 1.807) is 36.4 Å². The molecule has 244 valence electrons. The first kappa shape index (κ1) is 35.9. The van der Waals surface area contributed by atoms with E-state index in [4.69, 9.17) is 14.2 Å². The molecular weight excluding hydrogens is 560 g/mol. The number of ether oxygens (including phenoxy) is 3. The molecule has 1 unspecified atom stereocenters. The zero-order chi connectivity index (χ0) is 32.1. The van der Waals surface area contributed by atoms with Crippen LogP contribution < -0.4 is 9.47 Å². The van der Waals surface area contributed by atoms with Gasteiger partial charge in [-0.05, 0) is 67.3 Å². The first-order chi connectivity index (χ1) is 22.0. The molecule has 0 aliphatic heterocycles. The van der Waals surface area contributed by atoms with Crippen LogP contribution in [0.4, 0.5) is 0 Å². The van der Waals surface area contributed by atoms with Crippen LogP contribution in [-0.2, 0) is 4.74 Å². The molecule has 0 amide bonds. The van der Waals surface area contributed by atoms with Crippen LogP contribution in [0, 0.1) is 0 Å². The Morgan fingerprint density at radius 2 is 1.13 bits per heavy atom. The molecule has 0 aromatic heterocycles. The summed E-state index contributed by atoms with van der Waals surface area (Å²) >= 11 is 0. The largest absolute Gasteiger partial charge is 0.494 e. The minimum atomic E-state index is -0.526. The molecule has 5 nitrogen and oxygen atoms in total. The molecule has 0 aliphatic carbocycles. The van der Waals surface area contributed by atoms with E-state index < -0.39 is 11.9 Å². The van der Waals surface area contributed by atoms with Crippen molar-refractivity contribution in [2.45, 2.75) is 123 Å². The number of rotatable bonds is 22. The molecule has 0 spiro atoms. The number of para-hydroxylation sites is 1. The normalized spacial score (nSPS) is 11.6. The number of esters is 2. The van der Waals surface area contributed by atoms with Gasteiger partial charge < -0.3 is 14.2 Å². The SMILES string of the molecule is CCCCCCCCCCCCCCOc1ccc(-c2ccc(C(=O)Oc3ccccc3C(=O)OC(C)CCCC)cc2)cc1. The molecule has 0 radical (unpaired) electrons. The monoisotopic (exact) mass is 614 g/mol. The molecule has 0 fully saturated rings. The van der Waals surface area contributed by atoms with Crippen LogP contribution in [0.25, 0.3) is 11.1 Å². The first-order valence-electron chi connectivity index (χ1n) is 17.4. The number of unbranched alkanes of at least 4 members (excludes halogenated alkanes) is 12. The molecule has 1 atom stereocenters. The maximum atomic E-state index is 12.9. The standard InChI is InChI=1S/C40H54O5/c1-4-6-8-9-10-11-12-13-14-15-16-19-31-43-36-29-27-34(28-30-36)33-23-25-35(26-24-33)39(41)45-38-22-18-17-21-37(38)40(42)44-32(3)20-7-5-2/h17-18,21-30,32H,4-16,19-20,31H2,1-3H3. The Morgan fingerprint density at radius 3 is 1.73 bits per heavy atom. The van der Waals surface area contributed by atoms with Crippen molar-refractivity contribution in [3.63, 3.8) is 0 Å². The Bertz CT molecular complexity index is 1250. The van der Waals surface area contributed by atoms with Crippen LogP contribution in [0.5, 0.6) is 11.5 Å². The van der Waals surface area contributed by atoms with E-state index >= 15 is 0 Å². The van der Waals surface area contributed by atoms with Gasteiger partial charge in [0.05, 0.1) is 18.3 Å². The second-order valence-corrected chi connectivity index (χ2v) is 12.1. The number of carbonyl (C=O) groups excluding carboxylic acids is 2. The van der Waals surface area contributed by atoms with Crippen molar-refractivity contribution in [1.82, 2.24) is 0 Å². The molecular formula is C40H54O5. The zero-order valence-electron chi connectivity index (χ0n) is 27.9. The van der Waals surface area contributed by atoms with Crippen LogP contribution in [-0.4, -0.2) is 24.6 Å². The third-order valence-corrected chi connectivity index (χ3v) is 8.16. The summed E-state index contributed by atoms with van der Waals surface area (Å²) in [4.78, 5) is 25.6. The van der Waals surface area contributed by atoms with Crippen molar-refractivity contribution in [1.29, 1.82) is 0 Å². The topological polar surface area (TPSA) is 61.8 Å².